The molecule has 0 aromatic heterocycles. The Balaban J connectivity index is 0.000000908. The zero-order valence-corrected chi connectivity index (χ0v) is 45.9. The van der Waals surface area contributed by atoms with Crippen molar-refractivity contribution in [2.45, 2.75) is 222 Å². The molecule has 1 aliphatic carbocycles. The maximum absolute atomic E-state index is 13.5. The third-order valence-electron chi connectivity index (χ3n) is 15.8. The molecule has 1 saturated carbocycles. The van der Waals surface area contributed by atoms with Crippen LogP contribution in [0.1, 0.15) is 123 Å². The smallest absolute Gasteiger partial charge is 0.338 e. The number of carboxylic acid groups (broad SMARTS) is 1. The van der Waals surface area contributed by atoms with Gasteiger partial charge in [0, 0.05) is 6.61 Å². The van der Waals surface area contributed by atoms with E-state index >= 15 is 0 Å². The molecule has 40 nitrogen and oxygen atoms in total. The second-order valence-electron chi connectivity index (χ2n) is 22.0. The van der Waals surface area contributed by atoms with Gasteiger partial charge in [0.05, 0.1) is 0 Å². The lowest BCUT2D eigenvalue weighted by molar-refractivity contribution is -0.599. The van der Waals surface area contributed by atoms with Crippen LogP contribution in [0.5, 0.6) is 0 Å². The molecule has 1 heterocycles. The van der Waals surface area contributed by atoms with Gasteiger partial charge in [0.15, 0.2) is 0 Å². The molecule has 1 aliphatic heterocycles. The number of ether oxygens (including phenoxy) is 1. The Labute approximate surface area is 480 Å². The van der Waals surface area contributed by atoms with E-state index in [4.69, 9.17) is 40.5 Å². The minimum atomic E-state index is -5.84. The topological polar surface area (TPSA) is 775 Å². The van der Waals surface area contributed by atoms with Crippen LogP contribution < -0.4 is 0 Å². The molecule has 3 atom stereocenters. The summed E-state index contributed by atoms with van der Waals surface area (Å²) in [6, 6.07) is 0. The van der Waals surface area contributed by atoms with Crippen LogP contribution in [0.15, 0.2) is 0 Å². The van der Waals surface area contributed by atoms with Crippen molar-refractivity contribution >= 4 is 11.9 Å². The van der Waals surface area contributed by atoms with Gasteiger partial charge in [-0.1, -0.05) is 65.2 Å². The van der Waals surface area contributed by atoms with Gasteiger partial charge in [-0.15, -0.1) is 0 Å². The van der Waals surface area contributed by atoms with Crippen molar-refractivity contribution in [2.75, 3.05) is 26.2 Å². The van der Waals surface area contributed by atoms with E-state index in [-0.39, 0.29) is 31.3 Å². The zero-order chi connectivity index (χ0) is 67.5. The molecule has 40 heteroatoms. The van der Waals surface area contributed by atoms with Gasteiger partial charge in [0.1, 0.15) is 17.9 Å². The molecule has 1 saturated heterocycles. The summed E-state index contributed by atoms with van der Waals surface area (Å²) in [5.74, 6) is -96.7. The summed E-state index contributed by atoms with van der Waals surface area (Å²) in [5, 5.41) is 354. The summed E-state index contributed by atoms with van der Waals surface area (Å²) >= 11 is 0. The fourth-order valence-corrected chi connectivity index (χ4v) is 9.60. The molecular formula is C45H87NO39. The molecule has 0 bridgehead atoms. The van der Waals surface area contributed by atoms with Crippen LogP contribution >= 0.6 is 0 Å². The number of piperidine rings is 1. The van der Waals surface area contributed by atoms with E-state index in [2.05, 4.69) is 4.90 Å². The van der Waals surface area contributed by atoms with Crippen LogP contribution in [0.25, 0.3) is 0 Å². The molecule has 36 N–H and O–H groups in total. The van der Waals surface area contributed by atoms with Crippen molar-refractivity contribution in [1.29, 1.82) is 0 Å². The maximum atomic E-state index is 13.5. The number of hydrogen-bond acceptors (Lipinski definition) is 39. The summed E-state index contributed by atoms with van der Waals surface area (Å²) < 4.78 is 5.51. The predicted octanol–water partition coefficient (Wildman–Crippen LogP) is -16.0. The van der Waals surface area contributed by atoms with Gasteiger partial charge >= 0.3 is 35.5 Å². The standard InChI is InChI=1S/C29H55NO20.C16H32O19/c1-2-3-4-5-8-19(20(32)50-18-9-10-21(17-18)11-14-30(15-12-21)13-6-7-16-31)22(33,34)23(35,36)24(37,38)25(39,40)26(41,42)27(43,44)28(45,46)29(47,48)49;1-2-3-4-5-6-7(8(17)18)9(19,20)10(21,22)11(23,24)12(25,26)13(27,28)14(29,30)15(31,32)16(33,34)35/h18-19,31,33-49H,2-17H2,1H3;7,19-35H,2-6H2,1H3,(H,17,18). The van der Waals surface area contributed by atoms with E-state index in [1.165, 1.54) is 0 Å². The number of aliphatic hydroxyl groups excluding tert-OH is 1. The van der Waals surface area contributed by atoms with Crippen molar-refractivity contribution in [3.05, 3.63) is 0 Å². The van der Waals surface area contributed by atoms with Crippen molar-refractivity contribution < 1.29 is 198 Å². The van der Waals surface area contributed by atoms with E-state index in [9.17, 15) is 158 Å². The lowest BCUT2D eigenvalue weighted by atomic mass is 9.75. The van der Waals surface area contributed by atoms with Gasteiger partial charge in [-0.05, 0) is 82.8 Å². The molecule has 1 spiro atoms. The highest BCUT2D eigenvalue weighted by Crippen LogP contribution is 2.51. The first kappa shape index (κ1) is 80.5. The van der Waals surface area contributed by atoms with Crippen LogP contribution in [-0.2, 0) is 14.3 Å². The Bertz CT molecular complexity index is 2130. The molecule has 2 rings (SSSR count). The average molecular weight is 1270 g/mol. The monoisotopic (exact) mass is 1270 g/mol. The van der Waals surface area contributed by atoms with Gasteiger partial charge in [0.25, 0.3) is 57.9 Å². The maximum Gasteiger partial charge on any atom is 0.338 e. The minimum absolute atomic E-state index is 0.0794. The van der Waals surface area contributed by atoms with Crippen molar-refractivity contribution in [1.82, 2.24) is 4.90 Å². The van der Waals surface area contributed by atoms with Gasteiger partial charge in [-0.3, -0.25) is 9.59 Å². The molecule has 2 fully saturated rings. The molecule has 0 radical (unpaired) electrons. The lowest BCUT2D eigenvalue weighted by Gasteiger charge is -2.55. The summed E-state index contributed by atoms with van der Waals surface area (Å²) in [6.45, 7) is 5.89. The Kier molecular flexibility index (Phi) is 25.7. The van der Waals surface area contributed by atoms with Crippen molar-refractivity contribution in [3.63, 3.8) is 0 Å². The normalized spacial score (nSPS) is 19.2. The minimum Gasteiger partial charge on any atom is -0.481 e. The number of esters is 1. The third-order valence-corrected chi connectivity index (χ3v) is 15.8. The van der Waals surface area contributed by atoms with E-state index in [0.717, 1.165) is 38.9 Å². The number of carbonyl (C=O) groups is 2. The molecule has 3 unspecified atom stereocenters. The second-order valence-corrected chi connectivity index (χ2v) is 22.0. The Morgan fingerprint density at radius 2 is 0.741 bits per heavy atom. The molecule has 0 aromatic rings. The first-order valence-electron chi connectivity index (χ1n) is 26.1. The van der Waals surface area contributed by atoms with E-state index in [1.54, 1.807) is 13.8 Å². The lowest BCUT2D eigenvalue weighted by Crippen LogP contribution is -2.88. The first-order valence-corrected chi connectivity index (χ1v) is 26.1. The molecule has 2 aliphatic rings. The fourth-order valence-electron chi connectivity index (χ4n) is 9.60. The number of aliphatic hydroxyl groups is 35. The quantitative estimate of drug-likeness (QED) is 0.0165. The van der Waals surface area contributed by atoms with E-state index in [1.807, 2.05) is 0 Å². The highest BCUT2D eigenvalue weighted by atomic mass is 16.8. The van der Waals surface area contributed by atoms with Crippen LogP contribution in [0.3, 0.4) is 0 Å². The number of unbranched alkanes of at least 4 members (excludes halogenated alkanes) is 7. The molecule has 85 heavy (non-hydrogen) atoms. The highest BCUT2D eigenvalue weighted by Gasteiger charge is 2.86. The number of carboxylic acids is 1. The summed E-state index contributed by atoms with van der Waals surface area (Å²) in [7, 11) is 0. The molecule has 506 valence electrons. The largest absolute Gasteiger partial charge is 0.481 e. The molecule has 0 aromatic carbocycles. The molecule has 0 amide bonds. The van der Waals surface area contributed by atoms with Crippen LogP contribution in [-0.4, -0.2) is 326 Å². The first-order chi connectivity index (χ1) is 37.7. The fraction of sp³-hybridized carbons (Fsp3) is 0.956. The Hall–Kier alpha value is -2.50. The van der Waals surface area contributed by atoms with E-state index in [0.29, 0.717) is 57.8 Å². The van der Waals surface area contributed by atoms with E-state index < -0.39 is 136 Å². The number of nitrogens with zero attached hydrogens (tertiary/aromatic N) is 1. The molecular weight excluding hydrogens is 1180 g/mol. The summed E-state index contributed by atoms with van der Waals surface area (Å²) in [5.41, 5.74) is -0.238. The van der Waals surface area contributed by atoms with Crippen molar-refractivity contribution in [2.24, 2.45) is 17.3 Å². The number of carbonyl (C=O) groups excluding carboxylic acids is 1. The predicted molar refractivity (Wildman–Crippen MR) is 259 cm³/mol. The summed E-state index contributed by atoms with van der Waals surface area (Å²) in [4.78, 5) is 27.2. The SMILES string of the molecule is CCCCCCC(C(=O)O)C(O)(O)C(O)(O)C(O)(O)C(O)(O)C(O)(O)C(O)(O)C(O)(O)C(O)(O)O.CCCCCCC(C(=O)OC1CCC2(CCN(CCCCO)CC2)C1)C(O)(O)C(O)(O)C(O)(O)C(O)(O)C(O)(O)C(O)(O)C(O)(O)C(O)(O)O. The van der Waals surface area contributed by atoms with Crippen molar-refractivity contribution in [3.8, 4) is 0 Å². The summed E-state index contributed by atoms with van der Waals surface area (Å²) in [6.07, 6.45) is 4.35. The van der Waals surface area contributed by atoms with Gasteiger partial charge in [-0.2, -0.15) is 0 Å². The van der Waals surface area contributed by atoms with Crippen LogP contribution in [0.4, 0.5) is 0 Å². The number of hydrogen-bond donors (Lipinski definition) is 36. The van der Waals surface area contributed by atoms with Gasteiger partial charge in [0.2, 0.25) is 11.6 Å². The Morgan fingerprint density at radius 3 is 1.06 bits per heavy atom. The van der Waals surface area contributed by atoms with Crippen LogP contribution in [0, 0.1) is 17.3 Å². The van der Waals surface area contributed by atoms with Gasteiger partial charge < -0.3 is 193 Å². The number of likely N-dealkylation sites (tertiary alicyclic amines) is 1. The third kappa shape index (κ3) is 14.7. The average Bonchev–Trinajstić information content (AvgIpc) is 1.23. The second kappa shape index (κ2) is 27.1. The Morgan fingerprint density at radius 1 is 0.424 bits per heavy atom. The van der Waals surface area contributed by atoms with Gasteiger partial charge in [-0.25, -0.2) is 0 Å². The van der Waals surface area contributed by atoms with Crippen LogP contribution in [0.2, 0.25) is 0 Å². The number of rotatable bonds is 33. The zero-order valence-electron chi connectivity index (χ0n) is 45.9. The highest BCUT2D eigenvalue weighted by molar-refractivity contribution is 5.74. The number of aliphatic carboxylic acids is 1.